The molecule has 0 radical (unpaired) electrons. The van der Waals surface area contributed by atoms with Crippen molar-refractivity contribution in [1.29, 1.82) is 0 Å². The van der Waals surface area contributed by atoms with Gasteiger partial charge in [0.2, 0.25) is 11.8 Å². The quantitative estimate of drug-likeness (QED) is 0.219. The molecule has 0 saturated heterocycles. The van der Waals surface area contributed by atoms with E-state index in [-0.39, 0.29) is 29.1 Å². The summed E-state index contributed by atoms with van der Waals surface area (Å²) in [6, 6.07) is 17.3. The Labute approximate surface area is 270 Å². The Morgan fingerprint density at radius 2 is 1.59 bits per heavy atom. The minimum absolute atomic E-state index is 0.0221. The molecule has 236 valence electrons. The van der Waals surface area contributed by atoms with E-state index in [0.29, 0.717) is 34.4 Å². The lowest BCUT2D eigenvalue weighted by molar-refractivity contribution is -0.140. The third kappa shape index (κ3) is 7.86. The Kier molecular flexibility index (Phi) is 11.6. The monoisotopic (exact) mass is 659 g/mol. The molecule has 4 rings (SSSR count). The molecule has 0 heterocycles. The second kappa shape index (κ2) is 15.1. The Morgan fingerprint density at radius 3 is 2.20 bits per heavy atom. The van der Waals surface area contributed by atoms with Gasteiger partial charge >= 0.3 is 0 Å². The summed E-state index contributed by atoms with van der Waals surface area (Å²) in [5, 5.41) is 3.78. The fourth-order valence-corrected chi connectivity index (χ4v) is 7.37. The van der Waals surface area contributed by atoms with Gasteiger partial charge in [0.1, 0.15) is 18.3 Å². The summed E-state index contributed by atoms with van der Waals surface area (Å²) in [7, 11) is -4.25. The lowest BCUT2D eigenvalue weighted by Crippen LogP contribution is -2.53. The minimum Gasteiger partial charge on any atom is -0.492 e. The number of nitrogens with one attached hydrogen (secondary N) is 1. The number of amides is 2. The predicted molar refractivity (Wildman–Crippen MR) is 175 cm³/mol. The van der Waals surface area contributed by atoms with Crippen LogP contribution in [0.5, 0.6) is 5.75 Å². The summed E-state index contributed by atoms with van der Waals surface area (Å²) in [5.41, 5.74) is 1.57. The molecule has 44 heavy (non-hydrogen) atoms. The number of carbonyl (C=O) groups is 2. The predicted octanol–water partition coefficient (Wildman–Crippen LogP) is 6.76. The zero-order valence-corrected chi connectivity index (χ0v) is 27.6. The lowest BCUT2D eigenvalue weighted by atomic mass is 10.1. The average Bonchev–Trinajstić information content (AvgIpc) is 3.51. The van der Waals surface area contributed by atoms with E-state index in [1.165, 1.54) is 17.0 Å². The van der Waals surface area contributed by atoms with E-state index >= 15 is 0 Å². The van der Waals surface area contributed by atoms with Gasteiger partial charge in [-0.15, -0.1) is 0 Å². The SMILES string of the molecule is CCOc1ccccc1N(CC(=O)N(Cc1c(Cl)cccc1Cl)[C@@H](CC)C(=O)NC1CCCC1)S(=O)(=O)c1ccc(C)cc1. The van der Waals surface area contributed by atoms with Gasteiger partial charge in [-0.3, -0.25) is 13.9 Å². The minimum atomic E-state index is -4.25. The highest BCUT2D eigenvalue weighted by Gasteiger charge is 2.36. The van der Waals surface area contributed by atoms with Crippen LogP contribution in [0.4, 0.5) is 5.69 Å². The molecular formula is C33H39Cl2N3O5S. The zero-order valence-electron chi connectivity index (χ0n) is 25.3. The van der Waals surface area contributed by atoms with Gasteiger partial charge in [0, 0.05) is 28.2 Å². The molecule has 3 aromatic carbocycles. The zero-order chi connectivity index (χ0) is 31.9. The van der Waals surface area contributed by atoms with Gasteiger partial charge in [-0.2, -0.15) is 0 Å². The molecule has 3 aromatic rings. The molecule has 0 aliphatic heterocycles. The van der Waals surface area contributed by atoms with E-state index in [9.17, 15) is 18.0 Å². The summed E-state index contributed by atoms with van der Waals surface area (Å²) in [4.78, 5) is 29.5. The number of hydrogen-bond donors (Lipinski definition) is 1. The molecule has 0 spiro atoms. The smallest absolute Gasteiger partial charge is 0.264 e. The van der Waals surface area contributed by atoms with E-state index in [1.807, 2.05) is 13.8 Å². The van der Waals surface area contributed by atoms with E-state index in [2.05, 4.69) is 5.32 Å². The summed E-state index contributed by atoms with van der Waals surface area (Å²) >= 11 is 13.0. The van der Waals surface area contributed by atoms with E-state index in [4.69, 9.17) is 27.9 Å². The lowest BCUT2D eigenvalue weighted by Gasteiger charge is -2.34. The van der Waals surface area contributed by atoms with Crippen molar-refractivity contribution in [3.05, 3.63) is 87.9 Å². The van der Waals surface area contributed by atoms with Gasteiger partial charge in [0.25, 0.3) is 10.0 Å². The first kappa shape index (κ1) is 33.6. The highest BCUT2D eigenvalue weighted by molar-refractivity contribution is 7.92. The largest absolute Gasteiger partial charge is 0.492 e. The number of para-hydroxylation sites is 2. The fourth-order valence-electron chi connectivity index (χ4n) is 5.43. The van der Waals surface area contributed by atoms with Crippen molar-refractivity contribution in [3.63, 3.8) is 0 Å². The van der Waals surface area contributed by atoms with Crippen molar-refractivity contribution >= 4 is 50.7 Å². The first-order chi connectivity index (χ1) is 21.1. The topological polar surface area (TPSA) is 96.0 Å². The van der Waals surface area contributed by atoms with E-state index in [1.54, 1.807) is 61.5 Å². The van der Waals surface area contributed by atoms with Crippen LogP contribution in [0.15, 0.2) is 71.6 Å². The Bertz CT molecular complexity index is 1540. The molecule has 0 unspecified atom stereocenters. The number of halogens is 2. The number of carbonyl (C=O) groups excluding carboxylic acids is 2. The third-order valence-electron chi connectivity index (χ3n) is 7.80. The number of ether oxygens (including phenoxy) is 1. The highest BCUT2D eigenvalue weighted by Crippen LogP contribution is 2.34. The maximum absolute atomic E-state index is 14.4. The fraction of sp³-hybridized carbons (Fsp3) is 0.394. The Balaban J connectivity index is 1.78. The molecule has 1 saturated carbocycles. The van der Waals surface area contributed by atoms with Crippen LogP contribution in [0.3, 0.4) is 0 Å². The first-order valence-electron chi connectivity index (χ1n) is 14.9. The summed E-state index contributed by atoms with van der Waals surface area (Å²) in [6.45, 7) is 5.10. The van der Waals surface area contributed by atoms with Crippen molar-refractivity contribution in [2.75, 3.05) is 17.5 Å². The molecule has 0 bridgehead atoms. The van der Waals surface area contributed by atoms with Crippen molar-refractivity contribution < 1.29 is 22.7 Å². The van der Waals surface area contributed by atoms with E-state index < -0.39 is 28.5 Å². The van der Waals surface area contributed by atoms with Gasteiger partial charge < -0.3 is 15.0 Å². The molecule has 1 aliphatic rings. The normalized spacial score (nSPS) is 14.2. The van der Waals surface area contributed by atoms with Crippen LogP contribution in [0.2, 0.25) is 10.0 Å². The standard InChI is InChI=1S/C33H39Cl2N3O5S/c1-4-29(33(40)36-24-11-6-7-12-24)37(21-26-27(34)13-10-14-28(26)35)32(39)22-38(30-15-8-9-16-31(30)43-5-2)44(41,42)25-19-17-23(3)18-20-25/h8-10,13-20,24,29H,4-7,11-12,21-22H2,1-3H3,(H,36,40)/t29-/m0/s1. The Morgan fingerprint density at radius 1 is 0.955 bits per heavy atom. The van der Waals surface area contributed by atoms with Crippen LogP contribution in [0, 0.1) is 6.92 Å². The molecule has 1 fully saturated rings. The average molecular weight is 661 g/mol. The number of hydrogen-bond acceptors (Lipinski definition) is 5. The van der Waals surface area contributed by atoms with Crippen molar-refractivity contribution in [2.45, 2.75) is 76.4 Å². The molecule has 1 N–H and O–H groups in total. The van der Waals surface area contributed by atoms with Gasteiger partial charge in [0.05, 0.1) is 17.2 Å². The number of rotatable bonds is 13. The third-order valence-corrected chi connectivity index (χ3v) is 10.3. The van der Waals surface area contributed by atoms with Crippen molar-refractivity contribution in [2.24, 2.45) is 0 Å². The highest BCUT2D eigenvalue weighted by atomic mass is 35.5. The van der Waals surface area contributed by atoms with Crippen LogP contribution in [-0.4, -0.2) is 50.4 Å². The second-order valence-electron chi connectivity index (χ2n) is 10.9. The first-order valence-corrected chi connectivity index (χ1v) is 17.1. The molecule has 11 heteroatoms. The van der Waals surface area contributed by atoms with Gasteiger partial charge in [-0.05, 0) is 69.5 Å². The summed E-state index contributed by atoms with van der Waals surface area (Å²) in [6.07, 6.45) is 4.12. The van der Waals surface area contributed by atoms with Crippen LogP contribution in [0.1, 0.15) is 57.1 Å². The maximum atomic E-state index is 14.4. The number of benzene rings is 3. The number of aryl methyl sites for hydroxylation is 1. The van der Waals surface area contributed by atoms with Crippen LogP contribution in [-0.2, 0) is 26.2 Å². The van der Waals surface area contributed by atoms with Crippen LogP contribution < -0.4 is 14.4 Å². The number of nitrogens with zero attached hydrogens (tertiary/aromatic N) is 2. The summed E-state index contributed by atoms with van der Waals surface area (Å²) < 4.78 is 35.3. The molecule has 0 aromatic heterocycles. The molecular weight excluding hydrogens is 621 g/mol. The van der Waals surface area contributed by atoms with E-state index in [0.717, 1.165) is 35.6 Å². The number of sulfonamides is 1. The molecule has 1 atom stereocenters. The molecule has 1 aliphatic carbocycles. The molecule has 2 amide bonds. The Hall–Kier alpha value is -3.27. The maximum Gasteiger partial charge on any atom is 0.264 e. The number of anilines is 1. The van der Waals surface area contributed by atoms with Crippen molar-refractivity contribution in [1.82, 2.24) is 10.2 Å². The summed E-state index contributed by atoms with van der Waals surface area (Å²) in [5.74, 6) is -0.569. The van der Waals surface area contributed by atoms with Crippen LogP contribution >= 0.6 is 23.2 Å². The van der Waals surface area contributed by atoms with Crippen molar-refractivity contribution in [3.8, 4) is 5.75 Å². The second-order valence-corrected chi connectivity index (χ2v) is 13.5. The van der Waals surface area contributed by atoms with Gasteiger partial charge in [-0.25, -0.2) is 8.42 Å². The van der Waals surface area contributed by atoms with Gasteiger partial charge in [0.15, 0.2) is 0 Å². The van der Waals surface area contributed by atoms with Crippen LogP contribution in [0.25, 0.3) is 0 Å². The molecule has 8 nitrogen and oxygen atoms in total. The van der Waals surface area contributed by atoms with Gasteiger partial charge in [-0.1, -0.05) is 78.9 Å².